The van der Waals surface area contributed by atoms with Crippen LogP contribution >= 0.6 is 11.6 Å². The van der Waals surface area contributed by atoms with Gasteiger partial charge in [-0.1, -0.05) is 11.6 Å². The molecule has 1 aliphatic carbocycles. The number of aromatic nitrogens is 2. The van der Waals surface area contributed by atoms with E-state index in [0.717, 1.165) is 44.6 Å². The molecule has 2 atom stereocenters. The summed E-state index contributed by atoms with van der Waals surface area (Å²) in [6.07, 6.45) is 7.12. The minimum Gasteiger partial charge on any atom is -0.382 e. The van der Waals surface area contributed by atoms with Crippen LogP contribution in [0.4, 0.5) is 11.4 Å². The fraction of sp³-hybridized carbons (Fsp3) is 0.560. The molecule has 3 aliphatic rings. The highest BCUT2D eigenvalue weighted by Crippen LogP contribution is 2.35. The molecule has 36 heavy (non-hydrogen) atoms. The fourth-order valence-corrected chi connectivity index (χ4v) is 6.58. The summed E-state index contributed by atoms with van der Waals surface area (Å²) in [6, 6.07) is 9.54. The average molecular weight is 531 g/mol. The monoisotopic (exact) mass is 530 g/mol. The quantitative estimate of drug-likeness (QED) is 0.560. The van der Waals surface area contributed by atoms with E-state index < -0.39 is 11.2 Å². The second kappa shape index (κ2) is 11.3. The number of anilines is 2. The number of nitriles is 1. The fourth-order valence-electron chi connectivity index (χ4n) is 4.84. The van der Waals surface area contributed by atoms with Crippen LogP contribution in [0.15, 0.2) is 35.3 Å². The molecule has 2 saturated heterocycles. The van der Waals surface area contributed by atoms with Gasteiger partial charge in [-0.05, 0) is 68.7 Å². The maximum absolute atomic E-state index is 13.5. The summed E-state index contributed by atoms with van der Waals surface area (Å²) < 4.78 is 24.4. The van der Waals surface area contributed by atoms with Gasteiger partial charge in [0.1, 0.15) is 5.02 Å². The largest absolute Gasteiger partial charge is 0.382 e. The van der Waals surface area contributed by atoms with Gasteiger partial charge >= 0.3 is 0 Å². The van der Waals surface area contributed by atoms with Crippen molar-refractivity contribution in [1.82, 2.24) is 14.1 Å². The predicted octanol–water partition coefficient (Wildman–Crippen LogP) is 3.49. The summed E-state index contributed by atoms with van der Waals surface area (Å²) >= 11 is 5.10. The van der Waals surface area contributed by atoms with Crippen molar-refractivity contribution in [2.45, 2.75) is 50.6 Å². The number of halogens is 1. The van der Waals surface area contributed by atoms with Crippen LogP contribution in [0.5, 0.6) is 0 Å². The Labute approximate surface area is 218 Å². The number of ether oxygens (including phenoxy) is 1. The Kier molecular flexibility index (Phi) is 7.91. The van der Waals surface area contributed by atoms with Crippen molar-refractivity contribution in [3.63, 3.8) is 0 Å². The highest BCUT2D eigenvalue weighted by molar-refractivity contribution is 7.84. The Morgan fingerprint density at radius 1 is 1.19 bits per heavy atom. The summed E-state index contributed by atoms with van der Waals surface area (Å²) in [7, 11) is 0. The van der Waals surface area contributed by atoms with Crippen LogP contribution in [0.1, 0.15) is 50.1 Å². The smallest absolute Gasteiger partial charge is 0.287 e. The van der Waals surface area contributed by atoms with E-state index in [2.05, 4.69) is 16.5 Å². The minimum atomic E-state index is -1.33. The van der Waals surface area contributed by atoms with Crippen molar-refractivity contribution in [2.75, 3.05) is 42.5 Å². The lowest BCUT2D eigenvalue weighted by atomic mass is 10.0. The third kappa shape index (κ3) is 5.59. The molecule has 192 valence electrons. The van der Waals surface area contributed by atoms with Gasteiger partial charge in [0.05, 0.1) is 41.9 Å². The zero-order chi connectivity index (χ0) is 25.1. The molecular weight excluding hydrogens is 500 g/mol. The lowest BCUT2D eigenvalue weighted by Crippen LogP contribution is -2.45. The molecule has 2 aliphatic heterocycles. The third-order valence-corrected chi connectivity index (χ3v) is 9.08. The van der Waals surface area contributed by atoms with E-state index in [1.54, 1.807) is 18.3 Å². The van der Waals surface area contributed by atoms with Crippen LogP contribution in [0.25, 0.3) is 0 Å². The number of nitrogens with zero attached hydrogens (tertiary/aromatic N) is 5. The maximum atomic E-state index is 13.5. The summed E-state index contributed by atoms with van der Waals surface area (Å²) in [6.45, 7) is 3.41. The van der Waals surface area contributed by atoms with Gasteiger partial charge < -0.3 is 10.1 Å². The number of piperidine rings is 1. The van der Waals surface area contributed by atoms with Gasteiger partial charge in [-0.25, -0.2) is 13.2 Å². The molecule has 5 rings (SSSR count). The second-order valence-corrected chi connectivity index (χ2v) is 11.4. The standard InChI is InChI=1S/C25H31ClN6O3S/c26-24-23(28-15-19-2-1-13-35-17-19)16-29-31(25(24)33)20-9-11-30(12-10-20)36(34)32(22-7-8-22)21-5-3-18(14-27)4-6-21/h3-6,16,19-20,22,28H,1-2,7-13,15,17H2. The van der Waals surface area contributed by atoms with Crippen LogP contribution in [0.3, 0.4) is 0 Å². The number of benzene rings is 1. The number of hydrogen-bond acceptors (Lipinski definition) is 6. The molecule has 3 fully saturated rings. The second-order valence-electron chi connectivity index (χ2n) is 9.69. The maximum Gasteiger partial charge on any atom is 0.287 e. The molecule has 1 saturated carbocycles. The zero-order valence-electron chi connectivity index (χ0n) is 20.1. The van der Waals surface area contributed by atoms with Crippen LogP contribution in [-0.4, -0.2) is 57.2 Å². The van der Waals surface area contributed by atoms with Crippen LogP contribution < -0.4 is 15.2 Å². The van der Waals surface area contributed by atoms with Crippen molar-refractivity contribution in [3.05, 3.63) is 51.4 Å². The van der Waals surface area contributed by atoms with E-state index in [9.17, 15) is 9.00 Å². The molecule has 1 aromatic heterocycles. The van der Waals surface area contributed by atoms with Crippen molar-refractivity contribution >= 4 is 34.1 Å². The first-order chi connectivity index (χ1) is 17.5. The Hall–Kier alpha value is -2.45. The van der Waals surface area contributed by atoms with E-state index in [-0.39, 0.29) is 22.7 Å². The summed E-state index contributed by atoms with van der Waals surface area (Å²) in [5.74, 6) is 0.405. The highest BCUT2D eigenvalue weighted by atomic mass is 35.5. The molecular formula is C25H31ClN6O3S. The van der Waals surface area contributed by atoms with Crippen molar-refractivity contribution in [1.29, 1.82) is 5.26 Å². The topological polar surface area (TPSA) is 103 Å². The third-order valence-electron chi connectivity index (χ3n) is 7.07. The van der Waals surface area contributed by atoms with E-state index in [4.69, 9.17) is 21.6 Å². The van der Waals surface area contributed by atoms with Gasteiger partial charge in [0, 0.05) is 32.3 Å². The molecule has 1 aromatic carbocycles. The molecule has 2 unspecified atom stereocenters. The molecule has 9 nitrogen and oxygen atoms in total. The van der Waals surface area contributed by atoms with E-state index in [0.29, 0.717) is 49.6 Å². The van der Waals surface area contributed by atoms with Crippen molar-refractivity contribution < 1.29 is 8.95 Å². The lowest BCUT2D eigenvalue weighted by molar-refractivity contribution is 0.0595. The van der Waals surface area contributed by atoms with Gasteiger partial charge in [-0.15, -0.1) is 0 Å². The Morgan fingerprint density at radius 2 is 1.94 bits per heavy atom. The Morgan fingerprint density at radius 3 is 2.58 bits per heavy atom. The Balaban J connectivity index is 1.21. The molecule has 0 amide bonds. The van der Waals surface area contributed by atoms with Gasteiger partial charge in [0.15, 0.2) is 11.2 Å². The molecule has 11 heteroatoms. The van der Waals surface area contributed by atoms with Gasteiger partial charge in [-0.3, -0.25) is 9.10 Å². The normalized spacial score (nSPS) is 22.1. The Bertz CT molecular complexity index is 1180. The first-order valence-electron chi connectivity index (χ1n) is 12.6. The first-order valence-corrected chi connectivity index (χ1v) is 14.0. The van der Waals surface area contributed by atoms with E-state index in [1.165, 1.54) is 4.68 Å². The average Bonchev–Trinajstić information content (AvgIpc) is 3.76. The van der Waals surface area contributed by atoms with Crippen LogP contribution in [0, 0.1) is 17.2 Å². The van der Waals surface area contributed by atoms with Crippen LogP contribution in [-0.2, 0) is 15.9 Å². The number of hydrogen-bond donors (Lipinski definition) is 1. The number of rotatable bonds is 8. The van der Waals surface area contributed by atoms with Gasteiger partial charge in [0.25, 0.3) is 5.56 Å². The molecule has 0 bridgehead atoms. The molecule has 2 aromatic rings. The SMILES string of the molecule is N#Cc1ccc(N(C2CC2)S(=O)N2CCC(n3ncc(NCC4CCCOC4)c(Cl)c3=O)CC2)cc1. The summed E-state index contributed by atoms with van der Waals surface area (Å²) in [5.41, 5.74) is 1.72. The van der Waals surface area contributed by atoms with E-state index >= 15 is 0 Å². The molecule has 0 spiro atoms. The van der Waals surface area contributed by atoms with E-state index in [1.807, 2.05) is 20.7 Å². The lowest BCUT2D eigenvalue weighted by Gasteiger charge is -2.35. The zero-order valence-corrected chi connectivity index (χ0v) is 21.7. The molecule has 3 heterocycles. The highest BCUT2D eigenvalue weighted by Gasteiger charge is 2.37. The number of nitrogens with one attached hydrogen (secondary N) is 1. The van der Waals surface area contributed by atoms with Gasteiger partial charge in [0.2, 0.25) is 0 Å². The summed E-state index contributed by atoms with van der Waals surface area (Å²) in [5, 5.41) is 16.9. The first kappa shape index (κ1) is 25.2. The van der Waals surface area contributed by atoms with Crippen molar-refractivity contribution in [2.24, 2.45) is 5.92 Å². The predicted molar refractivity (Wildman–Crippen MR) is 140 cm³/mol. The molecule has 1 N–H and O–H groups in total. The minimum absolute atomic E-state index is 0.0895. The summed E-state index contributed by atoms with van der Waals surface area (Å²) in [4.78, 5) is 13.0. The molecule has 0 radical (unpaired) electrons. The van der Waals surface area contributed by atoms with Gasteiger partial charge in [-0.2, -0.15) is 10.4 Å². The van der Waals surface area contributed by atoms with Crippen molar-refractivity contribution in [3.8, 4) is 6.07 Å². The van der Waals surface area contributed by atoms with Crippen LogP contribution in [0.2, 0.25) is 5.02 Å².